The number of hydrogen-bond acceptors (Lipinski definition) is 0. The molecule has 4 aromatic carbocycles. The van der Waals surface area contributed by atoms with E-state index in [-0.39, 0.29) is 0 Å². The van der Waals surface area contributed by atoms with Crippen molar-refractivity contribution in [1.82, 2.24) is 0 Å². The maximum atomic E-state index is 2.68. The van der Waals surface area contributed by atoms with Crippen molar-refractivity contribution < 1.29 is 0 Å². The van der Waals surface area contributed by atoms with Crippen molar-refractivity contribution in [3.8, 4) is 22.3 Å². The molecule has 0 nitrogen and oxygen atoms in total. The zero-order chi connectivity index (χ0) is 33.3. The van der Waals surface area contributed by atoms with Gasteiger partial charge in [-0.15, -0.1) is 0 Å². The van der Waals surface area contributed by atoms with E-state index in [1.54, 1.807) is 21.5 Å². The minimum absolute atomic E-state index is 0.501. The van der Waals surface area contributed by atoms with E-state index in [1.165, 1.54) is 55.6 Å². The van der Waals surface area contributed by atoms with Gasteiger partial charge in [0.1, 0.15) is 8.07 Å². The van der Waals surface area contributed by atoms with Crippen LogP contribution in [0.5, 0.6) is 0 Å². The van der Waals surface area contributed by atoms with Crippen molar-refractivity contribution in [3.63, 3.8) is 0 Å². The third-order valence-electron chi connectivity index (χ3n) is 11.1. The van der Waals surface area contributed by atoms with Gasteiger partial charge in [-0.25, -0.2) is 0 Å². The molecule has 0 N–H and O–H groups in total. The van der Waals surface area contributed by atoms with Gasteiger partial charge in [-0.05, 0) is 104 Å². The van der Waals surface area contributed by atoms with E-state index in [9.17, 15) is 0 Å². The average Bonchev–Trinajstić information content (AvgIpc) is 3.69. The summed E-state index contributed by atoms with van der Waals surface area (Å²) in [6.07, 6.45) is 12.0. The van der Waals surface area contributed by atoms with Crippen LogP contribution in [-0.2, 0) is 12.8 Å². The van der Waals surface area contributed by atoms with Crippen molar-refractivity contribution >= 4 is 18.5 Å². The van der Waals surface area contributed by atoms with E-state index >= 15 is 0 Å². The van der Waals surface area contributed by atoms with Crippen molar-refractivity contribution in [2.75, 3.05) is 0 Å². The molecule has 0 spiro atoms. The van der Waals surface area contributed by atoms with Gasteiger partial charge < -0.3 is 0 Å². The first kappa shape index (κ1) is 33.5. The predicted molar refractivity (Wildman–Crippen MR) is 209 cm³/mol. The molecule has 0 saturated heterocycles. The maximum absolute atomic E-state index is 2.68. The molecule has 47 heavy (non-hydrogen) atoms. The van der Waals surface area contributed by atoms with Gasteiger partial charge in [0.2, 0.25) is 0 Å². The number of aryl methyl sites for hydroxylation is 2. The highest BCUT2D eigenvalue weighted by Gasteiger charge is 2.45. The molecule has 2 unspecified atom stereocenters. The van der Waals surface area contributed by atoms with Crippen LogP contribution in [0.2, 0.25) is 13.1 Å². The number of hydrogen-bond donors (Lipinski definition) is 0. The number of fused-ring (bicyclic) bond motifs is 2. The van der Waals surface area contributed by atoms with Gasteiger partial charge in [0.15, 0.2) is 0 Å². The molecule has 2 aliphatic carbocycles. The highest BCUT2D eigenvalue weighted by Crippen LogP contribution is 2.56. The number of allylic oxidation sites excluding steroid dienone is 2. The molecule has 0 saturated carbocycles. The van der Waals surface area contributed by atoms with Crippen LogP contribution in [0.3, 0.4) is 0 Å². The third kappa shape index (κ3) is 5.95. The summed E-state index contributed by atoms with van der Waals surface area (Å²) in [6, 6.07) is 32.5. The van der Waals surface area contributed by atoms with Gasteiger partial charge in [-0.1, -0.05) is 164 Å². The Morgan fingerprint density at radius 2 is 0.872 bits per heavy atom. The SMILES string of the molecule is CCCc1ccccc1-c1cccc2c1C([Si](C)(C)C1=C(C(C)CC)[CH]c3cccc(-c4ccccc4CCC)c31)=C(C(C)CC)[CH]2. The summed E-state index contributed by atoms with van der Waals surface area (Å²) >= 11 is 0. The van der Waals surface area contributed by atoms with Gasteiger partial charge >= 0.3 is 0 Å². The van der Waals surface area contributed by atoms with Crippen molar-refractivity contribution in [2.24, 2.45) is 11.8 Å². The molecule has 0 bridgehead atoms. The summed E-state index contributed by atoms with van der Waals surface area (Å²) in [5, 5.41) is 3.33. The largest absolute Gasteiger partial charge is 0.113 e. The normalized spacial score (nSPS) is 15.7. The zero-order valence-electron chi connectivity index (χ0n) is 30.1. The lowest BCUT2D eigenvalue weighted by molar-refractivity contribution is 0.667. The van der Waals surface area contributed by atoms with Gasteiger partial charge in [0, 0.05) is 12.8 Å². The van der Waals surface area contributed by atoms with Crippen molar-refractivity contribution in [3.05, 3.63) is 142 Å². The molecule has 242 valence electrons. The molecule has 2 atom stereocenters. The molecule has 4 aromatic rings. The van der Waals surface area contributed by atoms with E-state index < -0.39 is 8.07 Å². The Balaban J connectivity index is 1.65. The first-order valence-electron chi connectivity index (χ1n) is 18.4. The second kappa shape index (κ2) is 14.0. The predicted octanol–water partition coefficient (Wildman–Crippen LogP) is 13.1. The average molecular weight is 635 g/mol. The van der Waals surface area contributed by atoms with Crippen LogP contribution in [-0.4, -0.2) is 8.07 Å². The van der Waals surface area contributed by atoms with E-state index in [2.05, 4.69) is 152 Å². The second-order valence-corrected chi connectivity index (χ2v) is 18.8. The van der Waals surface area contributed by atoms with Crippen LogP contribution in [0.4, 0.5) is 0 Å². The number of rotatable bonds is 12. The van der Waals surface area contributed by atoms with E-state index in [4.69, 9.17) is 0 Å². The monoisotopic (exact) mass is 634 g/mol. The van der Waals surface area contributed by atoms with Gasteiger partial charge in [0.05, 0.1) is 0 Å². The summed E-state index contributed by atoms with van der Waals surface area (Å²) < 4.78 is 0. The van der Waals surface area contributed by atoms with E-state index in [0.29, 0.717) is 11.8 Å². The van der Waals surface area contributed by atoms with Crippen LogP contribution in [0.25, 0.3) is 32.6 Å². The first-order valence-corrected chi connectivity index (χ1v) is 21.4. The van der Waals surface area contributed by atoms with Crippen LogP contribution in [0, 0.1) is 24.7 Å². The minimum Gasteiger partial charge on any atom is -0.0651 e. The molecule has 6 rings (SSSR count). The van der Waals surface area contributed by atoms with Gasteiger partial charge in [0.25, 0.3) is 0 Å². The lowest BCUT2D eigenvalue weighted by Gasteiger charge is -2.34. The molecule has 0 aliphatic heterocycles. The Bertz CT molecular complexity index is 1700. The van der Waals surface area contributed by atoms with Crippen LogP contribution >= 0.6 is 0 Å². The summed E-state index contributed by atoms with van der Waals surface area (Å²) in [5.41, 5.74) is 17.6. The Labute approximate surface area is 287 Å². The first-order chi connectivity index (χ1) is 22.8. The summed E-state index contributed by atoms with van der Waals surface area (Å²) in [4.78, 5) is 0. The van der Waals surface area contributed by atoms with Crippen LogP contribution in [0.1, 0.15) is 101 Å². The molecule has 1 heteroatoms. The quantitative estimate of drug-likeness (QED) is 0.136. The molecule has 2 aliphatic rings. The molecular weight excluding hydrogens is 581 g/mol. The minimum atomic E-state index is -2.33. The fourth-order valence-corrected chi connectivity index (χ4v) is 12.5. The zero-order valence-corrected chi connectivity index (χ0v) is 31.1. The highest BCUT2D eigenvalue weighted by atomic mass is 28.3. The molecule has 0 amide bonds. The Hall–Kier alpha value is -3.42. The van der Waals surface area contributed by atoms with E-state index in [1.807, 2.05) is 0 Å². The van der Waals surface area contributed by atoms with Gasteiger partial charge in [-0.2, -0.15) is 0 Å². The molecule has 0 aromatic heterocycles. The van der Waals surface area contributed by atoms with Crippen LogP contribution < -0.4 is 0 Å². The lowest BCUT2D eigenvalue weighted by Crippen LogP contribution is -2.33. The molecular formula is C46H54Si. The second-order valence-electron chi connectivity index (χ2n) is 14.5. The number of benzene rings is 4. The fourth-order valence-electron chi connectivity index (χ4n) is 8.39. The Morgan fingerprint density at radius 1 is 0.489 bits per heavy atom. The van der Waals surface area contributed by atoms with Crippen molar-refractivity contribution in [2.45, 2.75) is 93.2 Å². The highest BCUT2D eigenvalue weighted by molar-refractivity contribution is 7.09. The topological polar surface area (TPSA) is 0 Å². The van der Waals surface area contributed by atoms with Crippen LogP contribution in [0.15, 0.2) is 96.1 Å². The lowest BCUT2D eigenvalue weighted by atomic mass is 9.92. The molecule has 0 heterocycles. The smallest absolute Gasteiger partial charge is 0.0651 e. The summed E-state index contributed by atoms with van der Waals surface area (Å²) in [6.45, 7) is 19.6. The van der Waals surface area contributed by atoms with Gasteiger partial charge in [-0.3, -0.25) is 0 Å². The fraction of sp³-hybridized carbons (Fsp3) is 0.348. The summed E-state index contributed by atoms with van der Waals surface area (Å²) in [7, 11) is -2.33. The Morgan fingerprint density at radius 3 is 1.26 bits per heavy atom. The van der Waals surface area contributed by atoms with Crippen molar-refractivity contribution in [1.29, 1.82) is 0 Å². The molecule has 0 fully saturated rings. The standard InChI is InChI=1S/C46H54Si/c1-9-19-33-21-13-15-25-37(33)39-27-17-23-35-29-41(31(5)11-3)45(43(35)39)47(7,8)46-42(32(6)12-4)30-36-24-18-28-40(44(36)46)38-26-16-14-22-34(38)20-10-2/h13-18,21-32H,9-12,19-20H2,1-8H3. The third-order valence-corrected chi connectivity index (χ3v) is 14.7. The Kier molecular flexibility index (Phi) is 9.95. The van der Waals surface area contributed by atoms with E-state index in [0.717, 1.165) is 38.5 Å². The summed E-state index contributed by atoms with van der Waals surface area (Å²) in [5.74, 6) is 1.00. The maximum Gasteiger partial charge on any atom is 0.113 e. The molecule has 2 radical (unpaired) electrons.